The highest BCUT2D eigenvalue weighted by Crippen LogP contribution is 2.19. The zero-order valence-corrected chi connectivity index (χ0v) is 14.1. The quantitative estimate of drug-likeness (QED) is 0.855. The number of aromatic nitrogens is 1. The number of carbonyl (C=O) groups is 1. The molecule has 1 N–H and O–H groups in total. The van der Waals surface area contributed by atoms with Crippen molar-refractivity contribution < 1.29 is 17.7 Å². The second-order valence-electron chi connectivity index (χ2n) is 5.95. The van der Waals surface area contributed by atoms with E-state index in [-0.39, 0.29) is 18.2 Å². The van der Waals surface area contributed by atoms with Crippen molar-refractivity contribution in [3.05, 3.63) is 17.0 Å². The smallest absolute Gasteiger partial charge is 0.227 e. The molecule has 1 aliphatic rings. The number of aryl methyl sites for hydroxylation is 2. The van der Waals surface area contributed by atoms with Crippen molar-refractivity contribution in [2.24, 2.45) is 5.92 Å². The monoisotopic (exact) mass is 329 g/mol. The van der Waals surface area contributed by atoms with Gasteiger partial charge in [0.2, 0.25) is 15.9 Å². The van der Waals surface area contributed by atoms with E-state index >= 15 is 0 Å². The summed E-state index contributed by atoms with van der Waals surface area (Å²) >= 11 is 0. The number of sulfonamides is 1. The highest BCUT2D eigenvalue weighted by atomic mass is 32.2. The Bertz CT molecular complexity index is 619. The Kier molecular flexibility index (Phi) is 5.23. The van der Waals surface area contributed by atoms with Crippen LogP contribution in [0.25, 0.3) is 0 Å². The van der Waals surface area contributed by atoms with Gasteiger partial charge in [0.05, 0.1) is 18.4 Å². The van der Waals surface area contributed by atoms with Crippen molar-refractivity contribution in [2.45, 2.75) is 33.1 Å². The molecule has 0 unspecified atom stereocenters. The van der Waals surface area contributed by atoms with Crippen LogP contribution in [0.2, 0.25) is 0 Å². The number of likely N-dealkylation sites (tertiary alicyclic amines) is 1. The summed E-state index contributed by atoms with van der Waals surface area (Å²) in [5, 5.41) is 3.86. The predicted molar refractivity (Wildman–Crippen MR) is 81.8 cm³/mol. The second-order valence-corrected chi connectivity index (χ2v) is 7.78. The predicted octanol–water partition coefficient (Wildman–Crippen LogP) is 0.622. The summed E-state index contributed by atoms with van der Waals surface area (Å²) < 4.78 is 29.9. The summed E-state index contributed by atoms with van der Waals surface area (Å²) in [6.07, 6.45) is 3.25. The fraction of sp³-hybridized carbons (Fsp3) is 0.714. The lowest BCUT2D eigenvalue weighted by molar-refractivity contribution is -0.132. The van der Waals surface area contributed by atoms with Gasteiger partial charge in [-0.15, -0.1) is 0 Å². The zero-order chi connectivity index (χ0) is 16.3. The van der Waals surface area contributed by atoms with E-state index in [4.69, 9.17) is 4.52 Å². The van der Waals surface area contributed by atoms with E-state index in [2.05, 4.69) is 9.88 Å². The van der Waals surface area contributed by atoms with Crippen molar-refractivity contribution in [1.29, 1.82) is 0 Å². The van der Waals surface area contributed by atoms with Crippen LogP contribution in [0, 0.1) is 19.8 Å². The average Bonchev–Trinajstić information content (AvgIpc) is 2.76. The summed E-state index contributed by atoms with van der Waals surface area (Å²) in [5.41, 5.74) is 1.60. The molecule has 2 rings (SSSR count). The van der Waals surface area contributed by atoms with Gasteiger partial charge in [0.1, 0.15) is 5.76 Å². The zero-order valence-electron chi connectivity index (χ0n) is 13.3. The van der Waals surface area contributed by atoms with Gasteiger partial charge in [-0.2, -0.15) is 0 Å². The highest BCUT2D eigenvalue weighted by molar-refractivity contribution is 7.88. The Labute approximate surface area is 131 Å². The maximum atomic E-state index is 12.4. The van der Waals surface area contributed by atoms with Crippen LogP contribution in [0.3, 0.4) is 0 Å². The van der Waals surface area contributed by atoms with Crippen LogP contribution < -0.4 is 4.72 Å². The molecule has 1 amide bonds. The SMILES string of the molecule is Cc1noc(C)c1CC(=O)N1CCC[C@@H](CNS(C)(=O)=O)C1. The van der Waals surface area contributed by atoms with Gasteiger partial charge in [-0.1, -0.05) is 5.16 Å². The lowest BCUT2D eigenvalue weighted by Crippen LogP contribution is -2.44. The summed E-state index contributed by atoms with van der Waals surface area (Å²) in [4.78, 5) is 14.2. The van der Waals surface area contributed by atoms with Crippen molar-refractivity contribution >= 4 is 15.9 Å². The molecular weight excluding hydrogens is 306 g/mol. The number of hydrogen-bond donors (Lipinski definition) is 1. The Morgan fingerprint density at radius 3 is 2.77 bits per heavy atom. The molecule has 1 aliphatic heterocycles. The van der Waals surface area contributed by atoms with Crippen LogP contribution in [-0.2, 0) is 21.2 Å². The van der Waals surface area contributed by atoms with Gasteiger partial charge >= 0.3 is 0 Å². The number of piperidine rings is 1. The van der Waals surface area contributed by atoms with Crippen LogP contribution in [0.4, 0.5) is 0 Å². The number of hydrogen-bond acceptors (Lipinski definition) is 5. The topological polar surface area (TPSA) is 92.5 Å². The van der Waals surface area contributed by atoms with Gasteiger partial charge in [-0.3, -0.25) is 4.79 Å². The number of amides is 1. The summed E-state index contributed by atoms with van der Waals surface area (Å²) in [6, 6.07) is 0. The van der Waals surface area contributed by atoms with E-state index in [1.165, 1.54) is 0 Å². The third-order valence-electron chi connectivity index (χ3n) is 4.02. The first-order chi connectivity index (χ1) is 10.3. The van der Waals surface area contributed by atoms with Crippen LogP contribution >= 0.6 is 0 Å². The van der Waals surface area contributed by atoms with Gasteiger partial charge in [-0.25, -0.2) is 13.1 Å². The van der Waals surface area contributed by atoms with Crippen molar-refractivity contribution in [3.63, 3.8) is 0 Å². The molecule has 124 valence electrons. The molecular formula is C14H23N3O4S. The molecule has 0 radical (unpaired) electrons. The molecule has 0 spiro atoms. The number of nitrogens with zero attached hydrogens (tertiary/aromatic N) is 2. The van der Waals surface area contributed by atoms with E-state index in [0.717, 1.165) is 36.9 Å². The van der Waals surface area contributed by atoms with Crippen LogP contribution in [0.5, 0.6) is 0 Å². The summed E-state index contributed by atoms with van der Waals surface area (Å²) in [6.45, 7) is 5.32. The van der Waals surface area contributed by atoms with Gasteiger partial charge in [-0.05, 0) is 32.6 Å². The van der Waals surface area contributed by atoms with E-state index < -0.39 is 10.0 Å². The van der Waals surface area contributed by atoms with Gasteiger partial charge < -0.3 is 9.42 Å². The fourth-order valence-corrected chi connectivity index (χ4v) is 3.28. The van der Waals surface area contributed by atoms with E-state index in [0.29, 0.717) is 18.8 Å². The van der Waals surface area contributed by atoms with E-state index in [9.17, 15) is 13.2 Å². The molecule has 0 aromatic carbocycles. The molecule has 1 atom stereocenters. The van der Waals surface area contributed by atoms with Gasteiger partial charge in [0.25, 0.3) is 0 Å². The normalized spacial score (nSPS) is 19.4. The lowest BCUT2D eigenvalue weighted by atomic mass is 9.97. The van der Waals surface area contributed by atoms with Crippen molar-refractivity contribution in [3.8, 4) is 0 Å². The Morgan fingerprint density at radius 2 is 2.18 bits per heavy atom. The molecule has 2 heterocycles. The number of carbonyl (C=O) groups excluding carboxylic acids is 1. The fourth-order valence-electron chi connectivity index (χ4n) is 2.74. The summed E-state index contributed by atoms with van der Waals surface area (Å²) in [5.74, 6) is 0.883. The molecule has 1 fully saturated rings. The van der Waals surface area contributed by atoms with E-state index in [1.807, 2.05) is 11.8 Å². The molecule has 1 aromatic heterocycles. The maximum absolute atomic E-state index is 12.4. The molecule has 0 aliphatic carbocycles. The first-order valence-electron chi connectivity index (χ1n) is 7.40. The van der Waals surface area contributed by atoms with Crippen LogP contribution in [0.1, 0.15) is 29.9 Å². The molecule has 7 nitrogen and oxygen atoms in total. The minimum absolute atomic E-state index is 0.0402. The average molecular weight is 329 g/mol. The maximum Gasteiger partial charge on any atom is 0.227 e. The lowest BCUT2D eigenvalue weighted by Gasteiger charge is -2.32. The molecule has 1 saturated heterocycles. The molecule has 1 aromatic rings. The molecule has 0 bridgehead atoms. The Hall–Kier alpha value is -1.41. The number of rotatable bonds is 5. The largest absolute Gasteiger partial charge is 0.361 e. The third-order valence-corrected chi connectivity index (χ3v) is 4.71. The standard InChI is InChI=1S/C14H23N3O4S/c1-10-13(11(2)21-16-10)7-14(18)17-6-4-5-12(9-17)8-15-22(3,19)20/h12,15H,4-9H2,1-3H3/t12-/m0/s1. The van der Waals surface area contributed by atoms with Crippen LogP contribution in [0.15, 0.2) is 4.52 Å². The van der Waals surface area contributed by atoms with E-state index in [1.54, 1.807) is 6.92 Å². The first kappa shape index (κ1) is 17.0. The first-order valence-corrected chi connectivity index (χ1v) is 9.29. The Morgan fingerprint density at radius 1 is 1.45 bits per heavy atom. The highest BCUT2D eigenvalue weighted by Gasteiger charge is 2.25. The molecule has 8 heteroatoms. The Balaban J connectivity index is 1.93. The van der Waals surface area contributed by atoms with Gasteiger partial charge in [0.15, 0.2) is 0 Å². The van der Waals surface area contributed by atoms with Gasteiger partial charge in [0, 0.05) is 25.2 Å². The molecule has 0 saturated carbocycles. The molecule has 22 heavy (non-hydrogen) atoms. The second kappa shape index (κ2) is 6.78. The minimum Gasteiger partial charge on any atom is -0.361 e. The minimum atomic E-state index is -3.19. The number of nitrogens with one attached hydrogen (secondary N) is 1. The third kappa shape index (κ3) is 4.54. The summed E-state index contributed by atoms with van der Waals surface area (Å²) in [7, 11) is -3.19. The van der Waals surface area contributed by atoms with Crippen LogP contribution in [-0.4, -0.2) is 50.3 Å². The van der Waals surface area contributed by atoms with Crippen molar-refractivity contribution in [1.82, 2.24) is 14.8 Å². The van der Waals surface area contributed by atoms with Crippen molar-refractivity contribution in [2.75, 3.05) is 25.9 Å².